The van der Waals surface area contributed by atoms with E-state index in [1.807, 2.05) is 36.4 Å². The van der Waals surface area contributed by atoms with Gasteiger partial charge >= 0.3 is 0 Å². The highest BCUT2D eigenvalue weighted by Gasteiger charge is 2.20. The van der Waals surface area contributed by atoms with Gasteiger partial charge in [0.2, 0.25) is 0 Å². The molecule has 21 heavy (non-hydrogen) atoms. The van der Waals surface area contributed by atoms with E-state index in [9.17, 15) is 0 Å². The van der Waals surface area contributed by atoms with E-state index < -0.39 is 0 Å². The van der Waals surface area contributed by atoms with Gasteiger partial charge in [-0.05, 0) is 46.6 Å². The van der Waals surface area contributed by atoms with Crippen LogP contribution in [0.15, 0.2) is 46.3 Å². The largest absolute Gasteiger partial charge is 0.491 e. The summed E-state index contributed by atoms with van der Waals surface area (Å²) in [7, 11) is 0. The summed E-state index contributed by atoms with van der Waals surface area (Å²) in [6.07, 6.45) is 0.797. The maximum absolute atomic E-state index is 6.18. The molecule has 0 bridgehead atoms. The van der Waals surface area contributed by atoms with Gasteiger partial charge in [-0.2, -0.15) is 0 Å². The third kappa shape index (κ3) is 5.11. The van der Waals surface area contributed by atoms with Crippen LogP contribution in [0, 0.1) is 0 Å². The summed E-state index contributed by atoms with van der Waals surface area (Å²) in [5, 5.41) is 0. The van der Waals surface area contributed by atoms with E-state index >= 15 is 0 Å². The van der Waals surface area contributed by atoms with Crippen molar-refractivity contribution in [1.82, 2.24) is 0 Å². The summed E-state index contributed by atoms with van der Waals surface area (Å²) in [6, 6.07) is 13.8. The average molecular weight is 370 g/mol. The topological polar surface area (TPSA) is 44.5 Å². The molecule has 0 saturated carbocycles. The second-order valence-corrected chi connectivity index (χ2v) is 7.16. The summed E-state index contributed by atoms with van der Waals surface area (Å²) < 4.78 is 12.7. The average Bonchev–Trinajstić information content (AvgIpc) is 2.94. The molecule has 0 spiro atoms. The monoisotopic (exact) mass is 369 g/mol. The van der Waals surface area contributed by atoms with Crippen molar-refractivity contribution < 1.29 is 9.47 Å². The van der Waals surface area contributed by atoms with Crippen LogP contribution in [0.5, 0.6) is 5.75 Å². The zero-order valence-corrected chi connectivity index (χ0v) is 14.4. The van der Waals surface area contributed by atoms with Crippen LogP contribution >= 0.6 is 27.3 Å². The van der Waals surface area contributed by atoms with Gasteiger partial charge in [0.25, 0.3) is 0 Å². The molecule has 2 aromatic rings. The summed E-state index contributed by atoms with van der Waals surface area (Å²) in [4.78, 5) is 1.15. The Labute approximate surface area is 138 Å². The van der Waals surface area contributed by atoms with E-state index in [1.54, 1.807) is 11.3 Å². The Morgan fingerprint density at radius 1 is 1.14 bits per heavy atom. The van der Waals surface area contributed by atoms with Gasteiger partial charge in [0.05, 0.1) is 10.4 Å². The number of para-hydroxylation sites is 1. The van der Waals surface area contributed by atoms with Gasteiger partial charge in [-0.25, -0.2) is 0 Å². The van der Waals surface area contributed by atoms with Crippen LogP contribution in [-0.4, -0.2) is 19.3 Å². The molecule has 2 rings (SSSR count). The first-order valence-electron chi connectivity index (χ1n) is 7.01. The SMILES string of the molecule is CCC(N)C(OCCOc1ccccc1)c1ccc(Br)s1. The molecule has 0 aliphatic heterocycles. The molecule has 5 heteroatoms. The number of hydrogen-bond donors (Lipinski definition) is 1. The Kier molecular flexibility index (Phi) is 6.70. The summed E-state index contributed by atoms with van der Waals surface area (Å²) in [6.45, 7) is 3.11. The Morgan fingerprint density at radius 3 is 2.52 bits per heavy atom. The highest BCUT2D eigenvalue weighted by atomic mass is 79.9. The van der Waals surface area contributed by atoms with Crippen molar-refractivity contribution in [2.75, 3.05) is 13.2 Å². The fourth-order valence-electron chi connectivity index (χ4n) is 1.96. The second-order valence-electron chi connectivity index (χ2n) is 4.67. The van der Waals surface area contributed by atoms with Gasteiger partial charge in [0.1, 0.15) is 18.5 Å². The predicted molar refractivity (Wildman–Crippen MR) is 90.9 cm³/mol. The molecule has 0 aliphatic carbocycles. The molecule has 0 aliphatic rings. The van der Waals surface area contributed by atoms with Crippen molar-refractivity contribution in [2.24, 2.45) is 5.73 Å². The quantitative estimate of drug-likeness (QED) is 0.701. The van der Waals surface area contributed by atoms with Crippen LogP contribution in [0.25, 0.3) is 0 Å². The lowest BCUT2D eigenvalue weighted by atomic mass is 10.1. The second kappa shape index (κ2) is 8.54. The van der Waals surface area contributed by atoms with Crippen LogP contribution < -0.4 is 10.5 Å². The fourth-order valence-corrected chi connectivity index (χ4v) is 3.51. The van der Waals surface area contributed by atoms with Crippen LogP contribution in [0.3, 0.4) is 0 Å². The van der Waals surface area contributed by atoms with Gasteiger partial charge in [0, 0.05) is 10.9 Å². The van der Waals surface area contributed by atoms with E-state index in [2.05, 4.69) is 28.9 Å². The van der Waals surface area contributed by atoms with Crippen LogP contribution in [-0.2, 0) is 4.74 Å². The molecule has 1 heterocycles. The molecule has 0 saturated heterocycles. The van der Waals surface area contributed by atoms with E-state index in [-0.39, 0.29) is 12.1 Å². The lowest BCUT2D eigenvalue weighted by molar-refractivity contribution is 0.0188. The standard InChI is InChI=1S/C16H20BrNO2S/c1-2-13(18)16(14-8-9-15(17)21-14)20-11-10-19-12-6-4-3-5-7-12/h3-9,13,16H,2,10-11,18H2,1H3. The van der Waals surface area contributed by atoms with Crippen molar-refractivity contribution in [3.8, 4) is 5.75 Å². The van der Waals surface area contributed by atoms with Crippen molar-refractivity contribution in [2.45, 2.75) is 25.5 Å². The number of nitrogens with two attached hydrogens (primary N) is 1. The molecule has 0 radical (unpaired) electrons. The molecule has 0 fully saturated rings. The van der Waals surface area contributed by atoms with E-state index in [0.29, 0.717) is 13.2 Å². The van der Waals surface area contributed by atoms with E-state index in [1.165, 1.54) is 0 Å². The van der Waals surface area contributed by atoms with Crippen molar-refractivity contribution >= 4 is 27.3 Å². The Hall–Kier alpha value is -0.880. The van der Waals surface area contributed by atoms with Gasteiger partial charge in [0.15, 0.2) is 0 Å². The molecule has 3 nitrogen and oxygen atoms in total. The summed E-state index contributed by atoms with van der Waals surface area (Å²) in [5.74, 6) is 0.858. The fraction of sp³-hybridized carbons (Fsp3) is 0.375. The highest BCUT2D eigenvalue weighted by Crippen LogP contribution is 2.31. The minimum atomic E-state index is -0.0781. The first-order valence-corrected chi connectivity index (χ1v) is 8.62. The summed E-state index contributed by atoms with van der Waals surface area (Å²) in [5.41, 5.74) is 6.18. The van der Waals surface area contributed by atoms with Gasteiger partial charge in [-0.3, -0.25) is 0 Å². The maximum Gasteiger partial charge on any atom is 0.119 e. The zero-order chi connectivity index (χ0) is 15.1. The molecule has 2 atom stereocenters. The van der Waals surface area contributed by atoms with Crippen molar-refractivity contribution in [3.05, 3.63) is 51.1 Å². The van der Waals surface area contributed by atoms with Crippen LogP contribution in [0.1, 0.15) is 24.3 Å². The number of hydrogen-bond acceptors (Lipinski definition) is 4. The molecular weight excluding hydrogens is 350 g/mol. The smallest absolute Gasteiger partial charge is 0.119 e. The minimum absolute atomic E-state index is 0.00715. The van der Waals surface area contributed by atoms with Crippen LogP contribution in [0.2, 0.25) is 0 Å². The van der Waals surface area contributed by atoms with Crippen molar-refractivity contribution in [1.29, 1.82) is 0 Å². The number of rotatable bonds is 8. The zero-order valence-electron chi connectivity index (χ0n) is 12.0. The first-order chi connectivity index (χ1) is 10.2. The lowest BCUT2D eigenvalue weighted by Gasteiger charge is -2.22. The molecule has 1 aromatic heterocycles. The highest BCUT2D eigenvalue weighted by molar-refractivity contribution is 9.11. The molecule has 2 unspecified atom stereocenters. The van der Waals surface area contributed by atoms with Gasteiger partial charge in [-0.15, -0.1) is 11.3 Å². The number of ether oxygens (including phenoxy) is 2. The van der Waals surface area contributed by atoms with E-state index in [4.69, 9.17) is 15.2 Å². The molecule has 2 N–H and O–H groups in total. The summed E-state index contributed by atoms with van der Waals surface area (Å²) >= 11 is 5.15. The Bertz CT molecular complexity index is 532. The third-order valence-electron chi connectivity index (χ3n) is 3.13. The Morgan fingerprint density at radius 2 is 1.90 bits per heavy atom. The molecule has 0 amide bonds. The number of halogens is 1. The molecular formula is C16H20BrNO2S. The first kappa shape index (κ1) is 16.5. The normalized spacial score (nSPS) is 13.9. The van der Waals surface area contributed by atoms with Crippen molar-refractivity contribution in [3.63, 3.8) is 0 Å². The number of thiophene rings is 1. The van der Waals surface area contributed by atoms with Gasteiger partial charge < -0.3 is 15.2 Å². The Balaban J connectivity index is 1.85. The van der Waals surface area contributed by atoms with Crippen LogP contribution in [0.4, 0.5) is 0 Å². The predicted octanol–water partition coefficient (Wildman–Crippen LogP) is 4.38. The molecule has 1 aromatic carbocycles. The maximum atomic E-state index is 6.18. The third-order valence-corrected chi connectivity index (χ3v) is 4.81. The minimum Gasteiger partial charge on any atom is -0.491 e. The van der Waals surface area contributed by atoms with Gasteiger partial charge in [-0.1, -0.05) is 25.1 Å². The lowest BCUT2D eigenvalue weighted by Crippen LogP contribution is -2.30. The number of benzene rings is 1. The van der Waals surface area contributed by atoms with E-state index in [0.717, 1.165) is 20.8 Å². The molecule has 114 valence electrons.